The summed E-state index contributed by atoms with van der Waals surface area (Å²) in [5.41, 5.74) is -1.46. The minimum Gasteiger partial charge on any atom is -0.487 e. The third-order valence-corrected chi connectivity index (χ3v) is 6.79. The number of nitrogens with one attached hydrogen (secondary N) is 1. The molecule has 0 aliphatic carbocycles. The topological polar surface area (TPSA) is 123 Å². The molecule has 0 spiro atoms. The van der Waals surface area contributed by atoms with E-state index in [0.717, 1.165) is 33.5 Å². The van der Waals surface area contributed by atoms with Crippen LogP contribution >= 0.6 is 0 Å². The lowest BCUT2D eigenvalue weighted by Crippen LogP contribution is -2.41. The van der Waals surface area contributed by atoms with Gasteiger partial charge in [0.2, 0.25) is 5.75 Å². The Labute approximate surface area is 254 Å². The lowest BCUT2D eigenvalue weighted by Gasteiger charge is -2.24. The lowest BCUT2D eigenvalue weighted by molar-refractivity contribution is 0.102. The van der Waals surface area contributed by atoms with Crippen LogP contribution in [-0.2, 0) is 7.05 Å². The third kappa shape index (κ3) is 5.67. The van der Waals surface area contributed by atoms with Crippen LogP contribution in [-0.4, -0.2) is 39.3 Å². The highest BCUT2D eigenvalue weighted by Crippen LogP contribution is 2.48. The standard InChI is InChI=1S/C32H26F2N4O7/c1-17(2)44-26-15-23-27(29-28(26)42-12-13-43-29)25(10-11-35-23)45-24-9-6-19(14-22(24)34)36-30(39)21-16-37(3)32(41)38(31(21)40)20-7-4-18(33)5-8-20/h4-11,14-17H,12-13H2,1-3H3,(H,36,39). The number of halogens is 2. The average molecular weight is 617 g/mol. The Morgan fingerprint density at radius 3 is 2.40 bits per heavy atom. The summed E-state index contributed by atoms with van der Waals surface area (Å²) >= 11 is 0. The van der Waals surface area contributed by atoms with Crippen molar-refractivity contribution >= 4 is 22.5 Å². The second-order valence-corrected chi connectivity index (χ2v) is 10.4. The number of benzene rings is 3. The van der Waals surface area contributed by atoms with Gasteiger partial charge in [0.15, 0.2) is 23.1 Å². The van der Waals surface area contributed by atoms with Crippen LogP contribution in [0.5, 0.6) is 28.7 Å². The van der Waals surface area contributed by atoms with Crippen molar-refractivity contribution in [2.75, 3.05) is 18.5 Å². The van der Waals surface area contributed by atoms with E-state index in [1.54, 1.807) is 12.1 Å². The minimum absolute atomic E-state index is 0.0237. The summed E-state index contributed by atoms with van der Waals surface area (Å²) in [5, 5.41) is 2.94. The first-order valence-electron chi connectivity index (χ1n) is 13.9. The average Bonchev–Trinajstić information content (AvgIpc) is 3.01. The number of amides is 1. The zero-order valence-corrected chi connectivity index (χ0v) is 24.3. The Balaban J connectivity index is 1.29. The summed E-state index contributed by atoms with van der Waals surface area (Å²) in [4.78, 5) is 43.3. The van der Waals surface area contributed by atoms with E-state index in [4.69, 9.17) is 18.9 Å². The maximum Gasteiger partial charge on any atom is 0.335 e. The summed E-state index contributed by atoms with van der Waals surface area (Å²) in [6, 6.07) is 11.7. The van der Waals surface area contributed by atoms with Crippen LogP contribution in [0.4, 0.5) is 14.5 Å². The Morgan fingerprint density at radius 1 is 0.956 bits per heavy atom. The fourth-order valence-electron chi connectivity index (χ4n) is 4.82. The van der Waals surface area contributed by atoms with E-state index in [1.807, 2.05) is 13.8 Å². The van der Waals surface area contributed by atoms with E-state index in [2.05, 4.69) is 10.3 Å². The zero-order valence-electron chi connectivity index (χ0n) is 24.3. The van der Waals surface area contributed by atoms with Gasteiger partial charge in [-0.15, -0.1) is 0 Å². The molecule has 13 heteroatoms. The molecule has 0 saturated heterocycles. The van der Waals surface area contributed by atoms with Crippen molar-refractivity contribution in [3.8, 4) is 34.4 Å². The first kappa shape index (κ1) is 29.4. The van der Waals surface area contributed by atoms with Crippen molar-refractivity contribution in [1.82, 2.24) is 14.1 Å². The number of carbonyl (C=O) groups excluding carboxylic acids is 1. The van der Waals surface area contributed by atoms with Gasteiger partial charge in [-0.3, -0.25) is 14.6 Å². The normalized spacial score (nSPS) is 12.3. The van der Waals surface area contributed by atoms with Gasteiger partial charge >= 0.3 is 5.69 Å². The molecule has 0 bridgehead atoms. The summed E-state index contributed by atoms with van der Waals surface area (Å²) in [6.07, 6.45) is 2.45. The number of hydrogen-bond acceptors (Lipinski definition) is 8. The van der Waals surface area contributed by atoms with Crippen LogP contribution in [0.1, 0.15) is 24.2 Å². The number of rotatable bonds is 7. The smallest absolute Gasteiger partial charge is 0.335 e. The minimum atomic E-state index is -0.927. The molecule has 5 aromatic rings. The molecule has 0 unspecified atom stereocenters. The molecule has 11 nitrogen and oxygen atoms in total. The first-order chi connectivity index (χ1) is 21.6. The van der Waals surface area contributed by atoms with Gasteiger partial charge < -0.3 is 28.8 Å². The molecule has 1 aliphatic rings. The van der Waals surface area contributed by atoms with E-state index >= 15 is 4.39 Å². The maximum atomic E-state index is 15.3. The Bertz CT molecular complexity index is 2070. The number of aromatic nitrogens is 3. The van der Waals surface area contributed by atoms with E-state index in [-0.39, 0.29) is 35.6 Å². The Kier molecular flexibility index (Phi) is 7.67. The molecule has 45 heavy (non-hydrogen) atoms. The van der Waals surface area contributed by atoms with Crippen molar-refractivity contribution in [1.29, 1.82) is 0 Å². The largest absolute Gasteiger partial charge is 0.487 e. The number of aryl methyl sites for hydroxylation is 1. The van der Waals surface area contributed by atoms with Crippen molar-refractivity contribution in [3.63, 3.8) is 0 Å². The third-order valence-electron chi connectivity index (χ3n) is 6.79. The highest BCUT2D eigenvalue weighted by molar-refractivity contribution is 6.04. The van der Waals surface area contributed by atoms with Gasteiger partial charge in [-0.25, -0.2) is 18.1 Å². The predicted molar refractivity (Wildman–Crippen MR) is 160 cm³/mol. The predicted octanol–water partition coefficient (Wildman–Crippen LogP) is 4.97. The van der Waals surface area contributed by atoms with Gasteiger partial charge in [0.1, 0.15) is 30.3 Å². The van der Waals surface area contributed by atoms with Crippen LogP contribution in [0.2, 0.25) is 0 Å². The molecular formula is C32H26F2N4O7. The molecule has 3 aromatic carbocycles. The summed E-state index contributed by atoms with van der Waals surface area (Å²) < 4.78 is 54.1. The highest BCUT2D eigenvalue weighted by Gasteiger charge is 2.26. The molecule has 2 aromatic heterocycles. The summed E-state index contributed by atoms with van der Waals surface area (Å²) in [5.74, 6) is -0.937. The van der Waals surface area contributed by atoms with Crippen LogP contribution in [0, 0.1) is 11.6 Å². The SMILES string of the molecule is CC(C)Oc1cc2nccc(Oc3ccc(NC(=O)c4cn(C)c(=O)n(-c5ccc(F)cc5)c4=O)cc3F)c2c2c1OCCO2. The molecule has 0 fully saturated rings. The molecule has 3 heterocycles. The van der Waals surface area contributed by atoms with E-state index in [0.29, 0.717) is 34.8 Å². The zero-order chi connectivity index (χ0) is 31.8. The fourth-order valence-corrected chi connectivity index (χ4v) is 4.82. The summed E-state index contributed by atoms with van der Waals surface area (Å²) in [7, 11) is 1.36. The number of pyridine rings is 1. The van der Waals surface area contributed by atoms with Gasteiger partial charge in [0, 0.05) is 37.3 Å². The summed E-state index contributed by atoms with van der Waals surface area (Å²) in [6.45, 7) is 4.38. The molecule has 0 saturated carbocycles. The monoisotopic (exact) mass is 616 g/mol. The molecule has 1 aliphatic heterocycles. The van der Waals surface area contributed by atoms with E-state index in [9.17, 15) is 18.8 Å². The quantitative estimate of drug-likeness (QED) is 0.272. The highest BCUT2D eigenvalue weighted by atomic mass is 19.1. The fraction of sp³-hybridized carbons (Fsp3) is 0.188. The molecule has 1 N–H and O–H groups in total. The number of carbonyl (C=O) groups is 1. The molecule has 6 rings (SSSR count). The molecular weight excluding hydrogens is 590 g/mol. The lowest BCUT2D eigenvalue weighted by atomic mass is 10.1. The molecule has 0 atom stereocenters. The van der Waals surface area contributed by atoms with Crippen LogP contribution in [0.15, 0.2) is 76.6 Å². The number of nitrogens with zero attached hydrogens (tertiary/aromatic N) is 3. The molecule has 1 amide bonds. The van der Waals surface area contributed by atoms with Crippen LogP contribution < -0.4 is 35.5 Å². The second-order valence-electron chi connectivity index (χ2n) is 10.4. The van der Waals surface area contributed by atoms with Gasteiger partial charge in [0.05, 0.1) is 22.7 Å². The van der Waals surface area contributed by atoms with Crippen molar-refractivity contribution in [3.05, 3.63) is 105 Å². The van der Waals surface area contributed by atoms with Crippen LogP contribution in [0.3, 0.4) is 0 Å². The van der Waals surface area contributed by atoms with Crippen LogP contribution in [0.25, 0.3) is 16.6 Å². The Hall–Kier alpha value is -5.72. The Morgan fingerprint density at radius 2 is 1.69 bits per heavy atom. The number of anilines is 1. The maximum absolute atomic E-state index is 15.3. The van der Waals surface area contributed by atoms with E-state index in [1.165, 1.54) is 37.5 Å². The second kappa shape index (κ2) is 11.8. The van der Waals surface area contributed by atoms with E-state index < -0.39 is 34.4 Å². The number of ether oxygens (including phenoxy) is 4. The van der Waals surface area contributed by atoms with Crippen molar-refractivity contribution in [2.45, 2.75) is 20.0 Å². The van der Waals surface area contributed by atoms with Gasteiger partial charge in [-0.05, 0) is 56.3 Å². The van der Waals surface area contributed by atoms with Gasteiger partial charge in [-0.1, -0.05) is 0 Å². The van der Waals surface area contributed by atoms with Gasteiger partial charge in [-0.2, -0.15) is 0 Å². The van der Waals surface area contributed by atoms with Crippen molar-refractivity contribution < 1.29 is 32.5 Å². The number of hydrogen-bond donors (Lipinski definition) is 1. The molecule has 230 valence electrons. The first-order valence-corrected chi connectivity index (χ1v) is 13.9. The van der Waals surface area contributed by atoms with Gasteiger partial charge in [0.25, 0.3) is 11.5 Å². The number of fused-ring (bicyclic) bond motifs is 3. The van der Waals surface area contributed by atoms with Crippen molar-refractivity contribution in [2.24, 2.45) is 7.05 Å². The molecule has 0 radical (unpaired) electrons.